The van der Waals surface area contributed by atoms with E-state index in [0.29, 0.717) is 6.42 Å². The maximum absolute atomic E-state index is 13.8. The minimum Gasteiger partial charge on any atom is -0.393 e. The predicted octanol–water partition coefficient (Wildman–Crippen LogP) is 3.70. The van der Waals surface area contributed by atoms with Gasteiger partial charge in [-0.15, -0.1) is 0 Å². The second-order valence-corrected chi connectivity index (χ2v) is 12.4. The lowest BCUT2D eigenvalue weighted by molar-refractivity contribution is -0.310. The lowest BCUT2D eigenvalue weighted by atomic mass is 9.43. The number of ketones is 2. The topological polar surface area (TPSA) is 93.1 Å². The Balaban J connectivity index is 1.43. The molecule has 1 aliphatic heterocycles. The van der Waals surface area contributed by atoms with Gasteiger partial charge in [0.05, 0.1) is 11.5 Å². The Labute approximate surface area is 201 Å². The normalized spacial score (nSPS) is 50.2. The number of aliphatic hydroxyl groups excluding tert-OH is 2. The molecule has 0 aromatic carbocycles. The SMILES string of the molecule is C[C@]12C=CC(=O)C=C1CC[C@@H]1[C@@H]2[C@@H](O)C[C@@]2(C)[C@H]1CC1OOC(C3CCCCC3)[C@@]12C(=O)CO. The molecule has 1 saturated heterocycles. The monoisotopic (exact) mass is 470 g/mol. The minimum atomic E-state index is -0.921. The molecule has 0 aromatic heterocycles. The third-order valence-electron chi connectivity index (χ3n) is 11.2. The van der Waals surface area contributed by atoms with E-state index < -0.39 is 23.5 Å². The van der Waals surface area contributed by atoms with Gasteiger partial charge in [0.1, 0.15) is 18.8 Å². The molecule has 5 fully saturated rings. The van der Waals surface area contributed by atoms with Gasteiger partial charge in [0.15, 0.2) is 11.6 Å². The van der Waals surface area contributed by atoms with Gasteiger partial charge in [-0.05, 0) is 73.8 Å². The van der Waals surface area contributed by atoms with Gasteiger partial charge in [-0.1, -0.05) is 44.8 Å². The molecule has 0 aromatic rings. The molecule has 6 aliphatic rings. The summed E-state index contributed by atoms with van der Waals surface area (Å²) in [7, 11) is 0. The van der Waals surface area contributed by atoms with E-state index in [1.165, 1.54) is 6.42 Å². The summed E-state index contributed by atoms with van der Waals surface area (Å²) in [6.45, 7) is 3.82. The maximum Gasteiger partial charge on any atom is 0.178 e. The minimum absolute atomic E-state index is 0.00378. The molecule has 2 N–H and O–H groups in total. The highest BCUT2D eigenvalue weighted by atomic mass is 17.2. The Morgan fingerprint density at radius 3 is 2.65 bits per heavy atom. The molecule has 2 unspecified atom stereocenters. The van der Waals surface area contributed by atoms with Crippen LogP contribution in [-0.4, -0.2) is 46.7 Å². The fourth-order valence-electron chi connectivity index (χ4n) is 9.87. The van der Waals surface area contributed by atoms with Gasteiger partial charge in [0.25, 0.3) is 0 Å². The number of carbonyl (C=O) groups excluding carboxylic acids is 2. The molecule has 6 nitrogen and oxygen atoms in total. The number of hydrogen-bond acceptors (Lipinski definition) is 6. The number of Topliss-reactive ketones (excluding diaryl/α,β-unsaturated/α-hetero) is 1. The van der Waals surface area contributed by atoms with Crippen molar-refractivity contribution in [3.8, 4) is 0 Å². The van der Waals surface area contributed by atoms with E-state index >= 15 is 0 Å². The Morgan fingerprint density at radius 2 is 1.91 bits per heavy atom. The summed E-state index contributed by atoms with van der Waals surface area (Å²) in [4.78, 5) is 37.9. The molecule has 0 bridgehead atoms. The molecule has 6 heteroatoms. The number of carbonyl (C=O) groups is 2. The first kappa shape index (κ1) is 23.1. The second kappa shape index (κ2) is 7.83. The van der Waals surface area contributed by atoms with Crippen LogP contribution in [0.25, 0.3) is 0 Å². The first-order chi connectivity index (χ1) is 16.3. The molecule has 5 aliphatic carbocycles. The first-order valence-electron chi connectivity index (χ1n) is 13.4. The molecule has 0 amide bonds. The van der Waals surface area contributed by atoms with Crippen molar-refractivity contribution in [2.45, 2.75) is 89.9 Å². The third kappa shape index (κ3) is 2.77. The van der Waals surface area contributed by atoms with Crippen molar-refractivity contribution >= 4 is 11.6 Å². The third-order valence-corrected chi connectivity index (χ3v) is 11.2. The van der Waals surface area contributed by atoms with Crippen molar-refractivity contribution < 1.29 is 29.6 Å². The Morgan fingerprint density at radius 1 is 1.15 bits per heavy atom. The van der Waals surface area contributed by atoms with Crippen LogP contribution in [0.3, 0.4) is 0 Å². The van der Waals surface area contributed by atoms with Crippen LogP contribution in [0.2, 0.25) is 0 Å². The van der Waals surface area contributed by atoms with E-state index in [1.54, 1.807) is 12.2 Å². The van der Waals surface area contributed by atoms with Gasteiger partial charge in [-0.2, -0.15) is 0 Å². The lowest BCUT2D eigenvalue weighted by Gasteiger charge is -2.60. The van der Waals surface area contributed by atoms with Crippen molar-refractivity contribution in [3.05, 3.63) is 23.8 Å². The van der Waals surface area contributed by atoms with Crippen LogP contribution >= 0.6 is 0 Å². The lowest BCUT2D eigenvalue weighted by Crippen LogP contribution is -2.63. The molecular weight excluding hydrogens is 432 g/mol. The quantitative estimate of drug-likeness (QED) is 0.611. The van der Waals surface area contributed by atoms with Crippen LogP contribution in [0.5, 0.6) is 0 Å². The summed E-state index contributed by atoms with van der Waals surface area (Å²) in [5, 5.41) is 22.0. The molecule has 1 heterocycles. The van der Waals surface area contributed by atoms with Crippen molar-refractivity contribution in [2.75, 3.05) is 6.61 Å². The van der Waals surface area contributed by atoms with Crippen molar-refractivity contribution in [2.24, 2.45) is 39.9 Å². The van der Waals surface area contributed by atoms with E-state index in [2.05, 4.69) is 13.8 Å². The van der Waals surface area contributed by atoms with Gasteiger partial charge in [0.2, 0.25) is 0 Å². The molecule has 186 valence electrons. The zero-order valence-electron chi connectivity index (χ0n) is 20.4. The highest BCUT2D eigenvalue weighted by molar-refractivity contribution is 6.01. The fraction of sp³-hybridized carbons (Fsp3) is 0.786. The highest BCUT2D eigenvalue weighted by Crippen LogP contribution is 2.73. The van der Waals surface area contributed by atoms with Crippen LogP contribution in [0.1, 0.15) is 71.6 Å². The summed E-state index contributed by atoms with van der Waals surface area (Å²) in [6.07, 6.45) is 12.5. The summed E-state index contributed by atoms with van der Waals surface area (Å²) in [5.41, 5.74) is -0.648. The van der Waals surface area contributed by atoms with E-state index in [0.717, 1.165) is 50.5 Å². The Bertz CT molecular complexity index is 949. The molecular formula is C28H38O6. The number of fused-ring (bicyclic) bond motifs is 7. The number of allylic oxidation sites excluding steroid dienone is 4. The van der Waals surface area contributed by atoms with E-state index in [1.807, 2.05) is 6.08 Å². The maximum atomic E-state index is 13.8. The summed E-state index contributed by atoms with van der Waals surface area (Å²) in [6, 6.07) is 0. The molecule has 0 spiro atoms. The van der Waals surface area contributed by atoms with Crippen molar-refractivity contribution in [3.63, 3.8) is 0 Å². The van der Waals surface area contributed by atoms with Gasteiger partial charge in [-0.3, -0.25) is 9.59 Å². The average Bonchev–Trinajstić information content (AvgIpc) is 3.33. The van der Waals surface area contributed by atoms with Crippen molar-refractivity contribution in [1.82, 2.24) is 0 Å². The largest absolute Gasteiger partial charge is 0.393 e. The molecule has 34 heavy (non-hydrogen) atoms. The second-order valence-electron chi connectivity index (χ2n) is 12.4. The van der Waals surface area contributed by atoms with E-state index in [9.17, 15) is 19.8 Å². The first-order valence-corrected chi connectivity index (χ1v) is 13.4. The molecule has 0 radical (unpaired) electrons. The Hall–Kier alpha value is -1.34. The standard InChI is InChI=1S/C28H38O6/c1-26-11-10-18(30)12-17(26)8-9-19-20-13-23-28(22(32)15-29,27(20,2)14-21(31)24(19)26)25(34-33-23)16-6-4-3-5-7-16/h10-12,16,19-21,23-25,29,31H,3-9,13-15H2,1-2H3/t19-,20-,21-,23?,24+,25?,26-,27-,28+/m0/s1. The average molecular weight is 471 g/mol. The smallest absolute Gasteiger partial charge is 0.178 e. The van der Waals surface area contributed by atoms with Crippen LogP contribution in [0, 0.1) is 39.9 Å². The summed E-state index contributed by atoms with van der Waals surface area (Å²) >= 11 is 0. The number of rotatable bonds is 3. The van der Waals surface area contributed by atoms with E-state index in [4.69, 9.17) is 9.78 Å². The van der Waals surface area contributed by atoms with Gasteiger partial charge in [-0.25, -0.2) is 9.78 Å². The highest BCUT2D eigenvalue weighted by Gasteiger charge is 2.77. The van der Waals surface area contributed by atoms with Crippen LogP contribution in [0.15, 0.2) is 23.8 Å². The van der Waals surface area contributed by atoms with Crippen LogP contribution < -0.4 is 0 Å². The summed E-state index contributed by atoms with van der Waals surface area (Å²) in [5.74, 6) is 0.519. The Kier molecular flexibility index (Phi) is 5.31. The molecule has 9 atom stereocenters. The summed E-state index contributed by atoms with van der Waals surface area (Å²) < 4.78 is 0. The number of hydrogen-bond donors (Lipinski definition) is 2. The predicted molar refractivity (Wildman–Crippen MR) is 124 cm³/mol. The molecule has 6 rings (SSSR count). The van der Waals surface area contributed by atoms with Gasteiger partial charge >= 0.3 is 0 Å². The zero-order valence-corrected chi connectivity index (χ0v) is 20.4. The number of aliphatic hydroxyl groups is 2. The van der Waals surface area contributed by atoms with Gasteiger partial charge in [0, 0.05) is 11.3 Å². The van der Waals surface area contributed by atoms with Crippen LogP contribution in [-0.2, 0) is 19.4 Å². The van der Waals surface area contributed by atoms with Crippen molar-refractivity contribution in [1.29, 1.82) is 0 Å². The van der Waals surface area contributed by atoms with Crippen LogP contribution in [0.4, 0.5) is 0 Å². The van der Waals surface area contributed by atoms with E-state index in [-0.39, 0.29) is 52.9 Å². The fourth-order valence-corrected chi connectivity index (χ4v) is 9.87. The molecule has 4 saturated carbocycles. The zero-order chi connectivity index (χ0) is 23.9. The van der Waals surface area contributed by atoms with Gasteiger partial charge < -0.3 is 10.2 Å².